The van der Waals surface area contributed by atoms with E-state index in [2.05, 4.69) is 11.0 Å². The average Bonchev–Trinajstić information content (AvgIpc) is 2.81. The van der Waals surface area contributed by atoms with Gasteiger partial charge in [-0.3, -0.25) is 0 Å². The fraction of sp³-hybridized carbons (Fsp3) is 0. The number of furan rings is 1. The summed E-state index contributed by atoms with van der Waals surface area (Å²) in [6.07, 6.45) is 5.10. The van der Waals surface area contributed by atoms with Gasteiger partial charge in [0.15, 0.2) is 0 Å². The molecule has 0 radical (unpaired) electrons. The molecule has 2 rings (SSSR count). The second-order valence-electron chi connectivity index (χ2n) is 2.01. The van der Waals surface area contributed by atoms with Crippen LogP contribution in [0.4, 0.5) is 0 Å². The van der Waals surface area contributed by atoms with Gasteiger partial charge in [-0.25, -0.2) is 0 Å². The smallest absolute Gasteiger partial charge is 0.0902 e. The van der Waals surface area contributed by atoms with Crippen molar-refractivity contribution in [2.24, 2.45) is 0 Å². The van der Waals surface area contributed by atoms with E-state index in [4.69, 9.17) is 0 Å². The van der Waals surface area contributed by atoms with E-state index < -0.39 is 0 Å². The molecule has 0 N–H and O–H groups in total. The van der Waals surface area contributed by atoms with Gasteiger partial charge in [-0.05, 0) is 23.6 Å². The maximum absolute atomic E-state index is 4.58. The van der Waals surface area contributed by atoms with Crippen molar-refractivity contribution >= 4 is 17.4 Å². The highest BCUT2D eigenvalue weighted by molar-refractivity contribution is 7.10. The van der Waals surface area contributed by atoms with Crippen LogP contribution in [0.25, 0.3) is 6.08 Å². The number of hydrogen-bond donors (Lipinski definition) is 0. The molecular weight excluding hydrogens is 168 g/mol. The highest BCUT2D eigenvalue weighted by Gasteiger charge is 1.78. The van der Waals surface area contributed by atoms with Crippen LogP contribution in [0.15, 0.2) is 53.2 Å². The summed E-state index contributed by atoms with van der Waals surface area (Å²) >= 11 is 1.70. The maximum atomic E-state index is 4.58. The van der Waals surface area contributed by atoms with Crippen LogP contribution in [0.3, 0.4) is 0 Å². The van der Waals surface area contributed by atoms with Crippen LogP contribution in [-0.4, -0.2) is 0 Å². The summed E-state index contributed by atoms with van der Waals surface area (Å²) in [6, 6.07) is 7.72. The molecule has 1 nitrogen and oxygen atoms in total. The molecule has 0 fully saturated rings. The minimum Gasteiger partial charge on any atom is -0.473 e. The van der Waals surface area contributed by atoms with E-state index in [1.54, 1.807) is 23.9 Å². The van der Waals surface area contributed by atoms with Crippen LogP contribution in [0.1, 0.15) is 4.88 Å². The SMILES string of the molecule is C=Cc1cccs1.c1ccoc1. The van der Waals surface area contributed by atoms with Crippen molar-refractivity contribution < 1.29 is 4.42 Å². The van der Waals surface area contributed by atoms with Crippen molar-refractivity contribution in [2.75, 3.05) is 0 Å². The van der Waals surface area contributed by atoms with Gasteiger partial charge in [-0.15, -0.1) is 11.3 Å². The molecule has 0 spiro atoms. The third-order valence-corrected chi connectivity index (χ3v) is 2.04. The van der Waals surface area contributed by atoms with Crippen molar-refractivity contribution in [1.29, 1.82) is 0 Å². The molecule has 0 aliphatic heterocycles. The van der Waals surface area contributed by atoms with Crippen LogP contribution in [0, 0.1) is 0 Å². The Bertz CT molecular complexity index is 264. The van der Waals surface area contributed by atoms with Gasteiger partial charge >= 0.3 is 0 Å². The third kappa shape index (κ3) is 3.21. The van der Waals surface area contributed by atoms with Gasteiger partial charge in [0, 0.05) is 4.88 Å². The molecule has 0 aliphatic carbocycles. The quantitative estimate of drug-likeness (QED) is 0.649. The van der Waals surface area contributed by atoms with Crippen molar-refractivity contribution in [3.63, 3.8) is 0 Å². The van der Waals surface area contributed by atoms with Crippen LogP contribution in [-0.2, 0) is 0 Å². The van der Waals surface area contributed by atoms with Gasteiger partial charge in [0.25, 0.3) is 0 Å². The molecule has 0 unspecified atom stereocenters. The zero-order valence-electron chi connectivity index (χ0n) is 6.64. The lowest BCUT2D eigenvalue weighted by Gasteiger charge is -1.71. The van der Waals surface area contributed by atoms with Crippen LogP contribution in [0.5, 0.6) is 0 Å². The van der Waals surface area contributed by atoms with E-state index in [9.17, 15) is 0 Å². The van der Waals surface area contributed by atoms with E-state index in [0.717, 1.165) is 0 Å². The Hall–Kier alpha value is -1.28. The fourth-order valence-corrected chi connectivity index (χ4v) is 1.20. The number of thiophene rings is 1. The highest BCUT2D eigenvalue weighted by atomic mass is 32.1. The lowest BCUT2D eigenvalue weighted by Crippen LogP contribution is -1.45. The average molecular weight is 178 g/mol. The topological polar surface area (TPSA) is 13.1 Å². The Morgan fingerprint density at radius 2 is 2.00 bits per heavy atom. The molecule has 0 atom stereocenters. The summed E-state index contributed by atoms with van der Waals surface area (Å²) in [5.74, 6) is 0. The van der Waals surface area contributed by atoms with Crippen LogP contribution >= 0.6 is 11.3 Å². The molecule has 0 bridgehead atoms. The van der Waals surface area contributed by atoms with Gasteiger partial charge < -0.3 is 4.42 Å². The Morgan fingerprint density at radius 3 is 2.25 bits per heavy atom. The summed E-state index contributed by atoms with van der Waals surface area (Å²) in [5.41, 5.74) is 0. The molecule has 12 heavy (non-hydrogen) atoms. The Morgan fingerprint density at radius 1 is 1.25 bits per heavy atom. The largest absolute Gasteiger partial charge is 0.473 e. The first-order valence-corrected chi connectivity index (χ1v) is 4.44. The van der Waals surface area contributed by atoms with Crippen molar-refractivity contribution in [1.82, 2.24) is 0 Å². The lowest BCUT2D eigenvalue weighted by atomic mass is 10.5. The first kappa shape index (κ1) is 8.81. The molecule has 2 aromatic heterocycles. The zero-order valence-corrected chi connectivity index (χ0v) is 7.46. The van der Waals surface area contributed by atoms with Gasteiger partial charge in [-0.2, -0.15) is 0 Å². The van der Waals surface area contributed by atoms with Gasteiger partial charge in [0.1, 0.15) is 0 Å². The first-order valence-electron chi connectivity index (χ1n) is 3.56. The van der Waals surface area contributed by atoms with E-state index in [1.165, 1.54) is 4.88 Å². The predicted octanol–water partition coefficient (Wildman–Crippen LogP) is 3.67. The second-order valence-corrected chi connectivity index (χ2v) is 2.99. The Labute approximate surface area is 76.0 Å². The molecule has 0 saturated heterocycles. The summed E-state index contributed by atoms with van der Waals surface area (Å²) in [6.45, 7) is 3.61. The molecule has 0 amide bonds. The fourth-order valence-electron chi connectivity index (χ4n) is 0.634. The third-order valence-electron chi connectivity index (χ3n) is 1.17. The van der Waals surface area contributed by atoms with Crippen molar-refractivity contribution in [2.45, 2.75) is 0 Å². The van der Waals surface area contributed by atoms with E-state index >= 15 is 0 Å². The highest BCUT2D eigenvalue weighted by Crippen LogP contribution is 2.07. The molecule has 0 saturated carbocycles. The molecule has 2 heteroatoms. The molecule has 0 aliphatic rings. The predicted molar refractivity (Wildman–Crippen MR) is 53.1 cm³/mol. The molecule has 0 aromatic carbocycles. The van der Waals surface area contributed by atoms with E-state index in [-0.39, 0.29) is 0 Å². The summed E-state index contributed by atoms with van der Waals surface area (Å²) in [5, 5.41) is 2.04. The standard InChI is InChI=1S/C6H6S.C4H4O/c1-2-6-4-3-5-7-6;1-2-4-5-3-1/h2-5H,1H2;1-4H. The Balaban J connectivity index is 0.000000127. The number of hydrogen-bond acceptors (Lipinski definition) is 2. The minimum absolute atomic E-state index is 1.24. The minimum atomic E-state index is 1.24. The number of rotatable bonds is 1. The Kier molecular flexibility index (Phi) is 3.95. The maximum Gasteiger partial charge on any atom is 0.0902 e. The zero-order chi connectivity index (χ0) is 8.65. The summed E-state index contributed by atoms with van der Waals surface area (Å²) in [4.78, 5) is 1.24. The molecule has 2 aromatic rings. The van der Waals surface area contributed by atoms with Gasteiger partial charge in [-0.1, -0.05) is 18.7 Å². The van der Waals surface area contributed by atoms with E-state index in [1.807, 2.05) is 35.7 Å². The molecule has 2 heterocycles. The first-order chi connectivity index (χ1) is 5.93. The lowest BCUT2D eigenvalue weighted by molar-refractivity contribution is 0.567. The van der Waals surface area contributed by atoms with Crippen LogP contribution < -0.4 is 0 Å². The second kappa shape index (κ2) is 5.38. The molecule has 62 valence electrons. The van der Waals surface area contributed by atoms with Crippen molar-refractivity contribution in [3.05, 3.63) is 53.6 Å². The van der Waals surface area contributed by atoms with Crippen molar-refractivity contribution in [3.8, 4) is 0 Å². The summed E-state index contributed by atoms with van der Waals surface area (Å²) < 4.78 is 4.58. The van der Waals surface area contributed by atoms with Gasteiger partial charge in [0.2, 0.25) is 0 Å². The normalized spacial score (nSPS) is 8.33. The van der Waals surface area contributed by atoms with E-state index in [0.29, 0.717) is 0 Å². The van der Waals surface area contributed by atoms with Gasteiger partial charge in [0.05, 0.1) is 12.5 Å². The summed E-state index contributed by atoms with van der Waals surface area (Å²) in [7, 11) is 0. The monoisotopic (exact) mass is 178 g/mol. The molecular formula is C10H10OS. The van der Waals surface area contributed by atoms with Crippen LogP contribution in [0.2, 0.25) is 0 Å².